The molecule has 0 saturated carbocycles. The summed E-state index contributed by atoms with van der Waals surface area (Å²) in [5.41, 5.74) is 0.397. The second-order valence-electron chi connectivity index (χ2n) is 3.66. The molecule has 0 aromatic heterocycles. The van der Waals surface area contributed by atoms with E-state index in [0.717, 1.165) is 0 Å². The third-order valence-electron chi connectivity index (χ3n) is 1.97. The predicted octanol–water partition coefficient (Wildman–Crippen LogP) is 0.889. The molecule has 0 aliphatic heterocycles. The van der Waals surface area contributed by atoms with Gasteiger partial charge in [0.05, 0.1) is 0 Å². The number of hydrogen-bond acceptors (Lipinski definition) is 3. The summed E-state index contributed by atoms with van der Waals surface area (Å²) in [5.74, 6) is 0.207. The highest BCUT2D eigenvalue weighted by Crippen LogP contribution is 2.10. The third-order valence-corrected chi connectivity index (χ3v) is 2.94. The first kappa shape index (κ1) is 12.7. The molecule has 0 aliphatic carbocycles. The van der Waals surface area contributed by atoms with E-state index in [-0.39, 0.29) is 17.7 Å². The Balaban J connectivity index is 2.62. The molecule has 1 amide bonds. The molecule has 4 nitrogen and oxygen atoms in total. The highest BCUT2D eigenvalue weighted by atomic mass is 32.2. The lowest BCUT2D eigenvalue weighted by Gasteiger charge is -2.12. The monoisotopic (exact) mass is 241 g/mol. The van der Waals surface area contributed by atoms with E-state index < -0.39 is 10.8 Å². The van der Waals surface area contributed by atoms with Gasteiger partial charge in [-0.25, -0.2) is 0 Å². The molecule has 16 heavy (non-hydrogen) atoms. The van der Waals surface area contributed by atoms with Crippen molar-refractivity contribution in [1.82, 2.24) is 5.32 Å². The molecule has 0 bridgehead atoms. The minimum atomic E-state index is -0.937. The number of aromatic hydroxyl groups is 1. The van der Waals surface area contributed by atoms with Gasteiger partial charge in [0.1, 0.15) is 5.75 Å². The lowest BCUT2D eigenvalue weighted by Crippen LogP contribution is -2.36. The maximum absolute atomic E-state index is 11.7. The normalized spacial score (nSPS) is 14.1. The molecule has 2 N–H and O–H groups in total. The number of benzene rings is 1. The van der Waals surface area contributed by atoms with Crippen molar-refractivity contribution in [2.24, 2.45) is 0 Å². The fourth-order valence-corrected chi connectivity index (χ4v) is 2.14. The van der Waals surface area contributed by atoms with Crippen LogP contribution in [0.2, 0.25) is 0 Å². The van der Waals surface area contributed by atoms with Crippen LogP contribution in [0.5, 0.6) is 5.75 Å². The number of hydrogen-bond donors (Lipinski definition) is 2. The number of carbonyl (C=O) groups excluding carboxylic acids is 1. The van der Waals surface area contributed by atoms with Crippen LogP contribution in [0.25, 0.3) is 0 Å². The zero-order chi connectivity index (χ0) is 12.1. The van der Waals surface area contributed by atoms with Gasteiger partial charge < -0.3 is 10.4 Å². The minimum absolute atomic E-state index is 0.0550. The quantitative estimate of drug-likeness (QED) is 0.822. The van der Waals surface area contributed by atoms with Crippen LogP contribution in [0, 0.1) is 0 Å². The van der Waals surface area contributed by atoms with Gasteiger partial charge in [0.2, 0.25) is 0 Å². The van der Waals surface area contributed by atoms with E-state index in [1.54, 1.807) is 25.3 Å². The molecular weight excluding hydrogens is 226 g/mol. The number of nitrogens with one attached hydrogen (secondary N) is 1. The van der Waals surface area contributed by atoms with E-state index in [0.29, 0.717) is 11.3 Å². The second-order valence-corrected chi connectivity index (χ2v) is 5.14. The van der Waals surface area contributed by atoms with E-state index >= 15 is 0 Å². The van der Waals surface area contributed by atoms with Crippen LogP contribution < -0.4 is 5.32 Å². The molecule has 1 aromatic rings. The predicted molar refractivity (Wildman–Crippen MR) is 64.0 cm³/mol. The SMILES string of the molecule is CC(CS(C)=O)NC(=O)c1cccc(O)c1. The molecular formula is C11H15NO3S. The van der Waals surface area contributed by atoms with Gasteiger partial charge in [-0.1, -0.05) is 6.07 Å². The summed E-state index contributed by atoms with van der Waals surface area (Å²) >= 11 is 0. The van der Waals surface area contributed by atoms with Crippen molar-refractivity contribution < 1.29 is 14.1 Å². The number of rotatable bonds is 4. The van der Waals surface area contributed by atoms with E-state index in [1.807, 2.05) is 0 Å². The lowest BCUT2D eigenvalue weighted by molar-refractivity contribution is 0.0943. The first-order valence-electron chi connectivity index (χ1n) is 4.89. The molecule has 0 spiro atoms. The summed E-state index contributed by atoms with van der Waals surface area (Å²) in [5, 5.41) is 11.9. The van der Waals surface area contributed by atoms with Crippen molar-refractivity contribution in [2.45, 2.75) is 13.0 Å². The Labute approximate surface area is 97.1 Å². The van der Waals surface area contributed by atoms with Gasteiger partial charge in [0.15, 0.2) is 0 Å². The van der Waals surface area contributed by atoms with Crippen LogP contribution in [-0.2, 0) is 10.8 Å². The zero-order valence-electron chi connectivity index (χ0n) is 9.27. The molecule has 0 heterocycles. The summed E-state index contributed by atoms with van der Waals surface area (Å²) < 4.78 is 10.9. The fraction of sp³-hybridized carbons (Fsp3) is 0.364. The average Bonchev–Trinajstić information content (AvgIpc) is 2.16. The molecule has 2 atom stereocenters. The molecule has 1 aromatic carbocycles. The lowest BCUT2D eigenvalue weighted by atomic mass is 10.2. The Kier molecular flexibility index (Phi) is 4.49. The Morgan fingerprint density at radius 3 is 2.81 bits per heavy atom. The summed E-state index contributed by atoms with van der Waals surface area (Å²) in [4.78, 5) is 11.7. The van der Waals surface area contributed by atoms with Gasteiger partial charge in [-0.05, 0) is 25.1 Å². The standard InChI is InChI=1S/C11H15NO3S/c1-8(7-16(2)15)12-11(14)9-4-3-5-10(13)6-9/h3-6,8,13H,7H2,1-2H3,(H,12,14). The maximum atomic E-state index is 11.7. The number of phenolic OH excluding ortho intramolecular Hbond substituents is 1. The largest absolute Gasteiger partial charge is 0.508 e. The molecule has 1 rings (SSSR count). The maximum Gasteiger partial charge on any atom is 0.251 e. The Morgan fingerprint density at radius 1 is 1.56 bits per heavy atom. The Bertz CT molecular complexity index is 406. The molecule has 5 heteroatoms. The topological polar surface area (TPSA) is 66.4 Å². The van der Waals surface area contributed by atoms with Crippen LogP contribution in [-0.4, -0.2) is 33.3 Å². The van der Waals surface area contributed by atoms with Crippen LogP contribution in [0.4, 0.5) is 0 Å². The number of carbonyl (C=O) groups is 1. The summed E-state index contributed by atoms with van der Waals surface area (Å²) in [6.07, 6.45) is 1.59. The van der Waals surface area contributed by atoms with Gasteiger partial charge in [0.25, 0.3) is 5.91 Å². The van der Waals surface area contributed by atoms with Crippen molar-refractivity contribution in [3.8, 4) is 5.75 Å². The molecule has 0 fully saturated rings. The third kappa shape index (κ3) is 4.02. The molecule has 0 radical (unpaired) electrons. The van der Waals surface area contributed by atoms with Crippen LogP contribution in [0.1, 0.15) is 17.3 Å². The molecule has 2 unspecified atom stereocenters. The number of amides is 1. The Morgan fingerprint density at radius 2 is 2.25 bits per heavy atom. The van der Waals surface area contributed by atoms with Gasteiger partial charge in [0, 0.05) is 34.4 Å². The van der Waals surface area contributed by atoms with Crippen molar-refractivity contribution in [1.29, 1.82) is 0 Å². The highest BCUT2D eigenvalue weighted by Gasteiger charge is 2.10. The summed E-state index contributed by atoms with van der Waals surface area (Å²) in [6.45, 7) is 1.79. The summed E-state index contributed by atoms with van der Waals surface area (Å²) in [7, 11) is -0.937. The van der Waals surface area contributed by atoms with E-state index in [4.69, 9.17) is 0 Å². The van der Waals surface area contributed by atoms with Crippen molar-refractivity contribution in [3.63, 3.8) is 0 Å². The van der Waals surface area contributed by atoms with Crippen molar-refractivity contribution in [3.05, 3.63) is 29.8 Å². The zero-order valence-corrected chi connectivity index (χ0v) is 10.1. The van der Waals surface area contributed by atoms with E-state index in [1.165, 1.54) is 12.1 Å². The first-order chi connectivity index (χ1) is 7.49. The van der Waals surface area contributed by atoms with Crippen molar-refractivity contribution >= 4 is 16.7 Å². The van der Waals surface area contributed by atoms with E-state index in [2.05, 4.69) is 5.32 Å². The molecule has 0 saturated heterocycles. The second kappa shape index (κ2) is 5.65. The van der Waals surface area contributed by atoms with Gasteiger partial charge in [-0.2, -0.15) is 0 Å². The first-order valence-corrected chi connectivity index (χ1v) is 6.61. The molecule has 88 valence electrons. The smallest absolute Gasteiger partial charge is 0.251 e. The van der Waals surface area contributed by atoms with Crippen LogP contribution >= 0.6 is 0 Å². The van der Waals surface area contributed by atoms with Gasteiger partial charge in [-0.15, -0.1) is 0 Å². The average molecular weight is 241 g/mol. The van der Waals surface area contributed by atoms with E-state index in [9.17, 15) is 14.1 Å². The summed E-state index contributed by atoms with van der Waals surface area (Å²) in [6, 6.07) is 5.96. The van der Waals surface area contributed by atoms with Crippen molar-refractivity contribution in [2.75, 3.05) is 12.0 Å². The van der Waals surface area contributed by atoms with Crippen LogP contribution in [0.3, 0.4) is 0 Å². The van der Waals surface area contributed by atoms with Gasteiger partial charge >= 0.3 is 0 Å². The highest BCUT2D eigenvalue weighted by molar-refractivity contribution is 7.84. The Hall–Kier alpha value is -1.36. The fourth-order valence-electron chi connectivity index (χ4n) is 1.35. The van der Waals surface area contributed by atoms with Gasteiger partial charge in [-0.3, -0.25) is 9.00 Å². The molecule has 0 aliphatic rings. The minimum Gasteiger partial charge on any atom is -0.508 e. The number of phenols is 1. The van der Waals surface area contributed by atoms with Crippen LogP contribution in [0.15, 0.2) is 24.3 Å².